The van der Waals surface area contributed by atoms with E-state index >= 15 is 0 Å². The molecular formula is C16H23FO. The van der Waals surface area contributed by atoms with Crippen molar-refractivity contribution >= 4 is 0 Å². The number of aryl methyl sites for hydroxylation is 1. The lowest BCUT2D eigenvalue weighted by Crippen LogP contribution is -2.20. The number of aliphatic hydroxyl groups is 1. The van der Waals surface area contributed by atoms with Crippen molar-refractivity contribution in [2.45, 2.75) is 52.1 Å². The van der Waals surface area contributed by atoms with Gasteiger partial charge in [0.15, 0.2) is 0 Å². The number of aliphatic hydroxyl groups excluding tert-OH is 1. The van der Waals surface area contributed by atoms with Gasteiger partial charge in [0.1, 0.15) is 5.82 Å². The van der Waals surface area contributed by atoms with E-state index < -0.39 is 6.10 Å². The molecule has 1 unspecified atom stereocenters. The van der Waals surface area contributed by atoms with E-state index in [0.29, 0.717) is 11.5 Å². The molecule has 0 aliphatic heterocycles. The third-order valence-corrected chi connectivity index (χ3v) is 4.44. The Labute approximate surface area is 109 Å². The second kappa shape index (κ2) is 5.83. The molecule has 0 amide bonds. The van der Waals surface area contributed by atoms with Gasteiger partial charge in [-0.2, -0.15) is 0 Å². The highest BCUT2D eigenvalue weighted by Crippen LogP contribution is 2.38. The molecule has 0 bridgehead atoms. The standard InChI is InChI=1S/C16H23FO/c1-3-12-4-6-13(7-5-12)16(18)14-8-9-15(17)11(2)10-14/h8-10,12-13,16,18H,3-7H2,1-2H3. The molecule has 100 valence electrons. The molecule has 1 aromatic carbocycles. The molecule has 1 nitrogen and oxygen atoms in total. The monoisotopic (exact) mass is 250 g/mol. The first kappa shape index (κ1) is 13.5. The maximum atomic E-state index is 13.2. The predicted octanol–water partition coefficient (Wildman–Crippen LogP) is 4.38. The summed E-state index contributed by atoms with van der Waals surface area (Å²) in [5, 5.41) is 10.4. The molecule has 1 aromatic rings. The Morgan fingerprint density at radius 3 is 2.50 bits per heavy atom. The molecule has 2 rings (SSSR count). The van der Waals surface area contributed by atoms with Crippen LogP contribution in [0.25, 0.3) is 0 Å². The highest BCUT2D eigenvalue weighted by molar-refractivity contribution is 5.26. The first-order chi connectivity index (χ1) is 8.61. The van der Waals surface area contributed by atoms with Crippen LogP contribution in [0.5, 0.6) is 0 Å². The number of benzene rings is 1. The fourth-order valence-electron chi connectivity index (χ4n) is 3.04. The van der Waals surface area contributed by atoms with Crippen LogP contribution in [0.4, 0.5) is 4.39 Å². The molecule has 0 spiro atoms. The quantitative estimate of drug-likeness (QED) is 0.843. The Kier molecular flexibility index (Phi) is 4.39. The van der Waals surface area contributed by atoms with Crippen molar-refractivity contribution in [2.24, 2.45) is 11.8 Å². The highest BCUT2D eigenvalue weighted by Gasteiger charge is 2.26. The summed E-state index contributed by atoms with van der Waals surface area (Å²) in [4.78, 5) is 0. The van der Waals surface area contributed by atoms with E-state index in [1.165, 1.54) is 25.3 Å². The van der Waals surface area contributed by atoms with Crippen LogP contribution in [0, 0.1) is 24.6 Å². The predicted molar refractivity (Wildman–Crippen MR) is 71.8 cm³/mol. The van der Waals surface area contributed by atoms with E-state index in [2.05, 4.69) is 6.92 Å². The SMILES string of the molecule is CCC1CCC(C(O)c2ccc(F)c(C)c2)CC1. The number of rotatable bonds is 3. The molecule has 18 heavy (non-hydrogen) atoms. The van der Waals surface area contributed by atoms with Crippen molar-refractivity contribution in [1.29, 1.82) is 0 Å². The van der Waals surface area contributed by atoms with Crippen LogP contribution in [-0.2, 0) is 0 Å². The second-order valence-electron chi connectivity index (χ2n) is 5.64. The van der Waals surface area contributed by atoms with Gasteiger partial charge in [-0.1, -0.05) is 38.3 Å². The molecule has 1 aliphatic rings. The average Bonchev–Trinajstić information content (AvgIpc) is 2.41. The summed E-state index contributed by atoms with van der Waals surface area (Å²) in [5.41, 5.74) is 1.49. The zero-order valence-corrected chi connectivity index (χ0v) is 11.3. The van der Waals surface area contributed by atoms with Crippen molar-refractivity contribution in [1.82, 2.24) is 0 Å². The summed E-state index contributed by atoms with van der Waals surface area (Å²) in [6, 6.07) is 4.97. The normalized spacial score (nSPS) is 26.0. The molecule has 1 atom stereocenters. The van der Waals surface area contributed by atoms with Crippen LogP contribution in [0.3, 0.4) is 0 Å². The van der Waals surface area contributed by atoms with Gasteiger partial charge >= 0.3 is 0 Å². The fraction of sp³-hybridized carbons (Fsp3) is 0.625. The second-order valence-corrected chi connectivity index (χ2v) is 5.64. The van der Waals surface area contributed by atoms with Gasteiger partial charge in [0.05, 0.1) is 6.10 Å². The number of hydrogen-bond acceptors (Lipinski definition) is 1. The van der Waals surface area contributed by atoms with Crippen molar-refractivity contribution in [3.63, 3.8) is 0 Å². The van der Waals surface area contributed by atoms with Crippen molar-refractivity contribution in [3.05, 3.63) is 35.1 Å². The van der Waals surface area contributed by atoms with Gasteiger partial charge in [0.2, 0.25) is 0 Å². The number of hydrogen-bond donors (Lipinski definition) is 1. The first-order valence-electron chi connectivity index (χ1n) is 7.06. The third kappa shape index (κ3) is 2.92. The van der Waals surface area contributed by atoms with Gasteiger partial charge < -0.3 is 5.11 Å². The van der Waals surface area contributed by atoms with Gasteiger partial charge in [0, 0.05) is 0 Å². The van der Waals surface area contributed by atoms with Crippen LogP contribution in [0.15, 0.2) is 18.2 Å². The minimum atomic E-state index is -0.429. The van der Waals surface area contributed by atoms with Gasteiger partial charge in [-0.05, 0) is 48.8 Å². The van der Waals surface area contributed by atoms with E-state index in [9.17, 15) is 9.50 Å². The summed E-state index contributed by atoms with van der Waals surface area (Å²) in [5.74, 6) is 0.988. The van der Waals surface area contributed by atoms with Crippen LogP contribution in [0.2, 0.25) is 0 Å². The maximum absolute atomic E-state index is 13.2. The lowest BCUT2D eigenvalue weighted by molar-refractivity contribution is 0.0728. The zero-order valence-electron chi connectivity index (χ0n) is 11.3. The summed E-state index contributed by atoms with van der Waals surface area (Å²) >= 11 is 0. The fourth-order valence-corrected chi connectivity index (χ4v) is 3.04. The van der Waals surface area contributed by atoms with Crippen LogP contribution >= 0.6 is 0 Å². The van der Waals surface area contributed by atoms with E-state index in [-0.39, 0.29) is 5.82 Å². The summed E-state index contributed by atoms with van der Waals surface area (Å²) in [6.07, 6.45) is 5.45. The Balaban J connectivity index is 2.03. The largest absolute Gasteiger partial charge is 0.388 e. The topological polar surface area (TPSA) is 20.2 Å². The van der Waals surface area contributed by atoms with Crippen LogP contribution < -0.4 is 0 Å². The summed E-state index contributed by atoms with van der Waals surface area (Å²) in [7, 11) is 0. The molecule has 1 N–H and O–H groups in total. The molecule has 0 saturated heterocycles. The van der Waals surface area contributed by atoms with Gasteiger partial charge in [-0.15, -0.1) is 0 Å². The Morgan fingerprint density at radius 1 is 1.28 bits per heavy atom. The minimum Gasteiger partial charge on any atom is -0.388 e. The van der Waals surface area contributed by atoms with Gasteiger partial charge in [-0.25, -0.2) is 4.39 Å². The van der Waals surface area contributed by atoms with Crippen LogP contribution in [0.1, 0.15) is 56.3 Å². The smallest absolute Gasteiger partial charge is 0.126 e. The highest BCUT2D eigenvalue weighted by atomic mass is 19.1. The first-order valence-corrected chi connectivity index (χ1v) is 7.06. The van der Waals surface area contributed by atoms with Crippen molar-refractivity contribution in [3.8, 4) is 0 Å². The summed E-state index contributed by atoms with van der Waals surface area (Å²) in [6.45, 7) is 3.99. The molecule has 0 radical (unpaired) electrons. The van der Waals surface area contributed by atoms with Crippen LogP contribution in [-0.4, -0.2) is 5.11 Å². The lowest BCUT2D eigenvalue weighted by Gasteiger charge is -2.31. The van der Waals surface area contributed by atoms with Gasteiger partial charge in [-0.3, -0.25) is 0 Å². The van der Waals surface area contributed by atoms with E-state index in [0.717, 1.165) is 24.3 Å². The molecule has 2 heteroatoms. The Morgan fingerprint density at radius 2 is 1.94 bits per heavy atom. The minimum absolute atomic E-state index is 0.194. The summed E-state index contributed by atoms with van der Waals surface area (Å²) < 4.78 is 13.2. The maximum Gasteiger partial charge on any atom is 0.126 e. The molecule has 0 aromatic heterocycles. The van der Waals surface area contributed by atoms with E-state index in [1.807, 2.05) is 0 Å². The average molecular weight is 250 g/mol. The molecule has 1 aliphatic carbocycles. The molecule has 1 fully saturated rings. The van der Waals surface area contributed by atoms with Gasteiger partial charge in [0.25, 0.3) is 0 Å². The molecule has 0 heterocycles. The van der Waals surface area contributed by atoms with E-state index in [4.69, 9.17) is 0 Å². The lowest BCUT2D eigenvalue weighted by atomic mass is 9.77. The molecule has 1 saturated carbocycles. The zero-order chi connectivity index (χ0) is 13.1. The van der Waals surface area contributed by atoms with E-state index in [1.54, 1.807) is 19.1 Å². The number of halogens is 1. The molecular weight excluding hydrogens is 227 g/mol. The third-order valence-electron chi connectivity index (χ3n) is 4.44. The van der Waals surface area contributed by atoms with Crippen molar-refractivity contribution in [2.75, 3.05) is 0 Å². The van der Waals surface area contributed by atoms with Crippen molar-refractivity contribution < 1.29 is 9.50 Å². The Bertz CT molecular complexity index is 394. The Hall–Kier alpha value is -0.890.